The molecule has 0 aliphatic carbocycles. The van der Waals surface area contributed by atoms with Crippen molar-refractivity contribution >= 4 is 17.6 Å². The summed E-state index contributed by atoms with van der Waals surface area (Å²) in [5.74, 6) is -2.07. The van der Waals surface area contributed by atoms with Gasteiger partial charge < -0.3 is 24.6 Å². The quantitative estimate of drug-likeness (QED) is 0.0395. The van der Waals surface area contributed by atoms with Crippen LogP contribution in [-0.2, 0) is 19.1 Å². The van der Waals surface area contributed by atoms with Crippen molar-refractivity contribution in [3.8, 4) is 0 Å². The third-order valence-electron chi connectivity index (χ3n) is 13.3. The van der Waals surface area contributed by atoms with Crippen LogP contribution in [0.1, 0.15) is 72.5 Å². The van der Waals surface area contributed by atoms with Crippen LogP contribution in [0.15, 0.2) is 168 Å². The monoisotopic (exact) mass is 902 g/mol. The first-order chi connectivity index (χ1) is 32.7. The number of nitrogens with zero attached hydrogens (tertiary/aromatic N) is 5. The van der Waals surface area contributed by atoms with Crippen LogP contribution in [0.3, 0.4) is 0 Å². The summed E-state index contributed by atoms with van der Waals surface area (Å²) in [5.41, 5.74) is 6.94. The summed E-state index contributed by atoms with van der Waals surface area (Å²) >= 11 is 0. The van der Waals surface area contributed by atoms with E-state index in [1.807, 2.05) is 0 Å². The predicted molar refractivity (Wildman–Crippen MR) is 261 cm³/mol. The van der Waals surface area contributed by atoms with E-state index in [2.05, 4.69) is 146 Å². The van der Waals surface area contributed by atoms with Crippen molar-refractivity contribution in [2.75, 3.05) is 78.7 Å². The molecule has 3 aliphatic rings. The van der Waals surface area contributed by atoms with Crippen molar-refractivity contribution < 1.29 is 24.0 Å². The van der Waals surface area contributed by atoms with Crippen LogP contribution < -0.4 is 5.32 Å². The second-order valence-electron chi connectivity index (χ2n) is 17.7. The minimum Gasteiger partial charge on any atom is -0.462 e. The fraction of sp³-hybridized carbons (Fsp3) is 0.345. The number of nitro benzene ring substituents is 1. The standard InChI is InChI=1S/C55H62N6O6/c1-41-49(54(62)66-38-16-28-57-30-34-59(35-31-57)52(43-18-7-3-8-19-43)44-20-9-4-10-21-44)51(47-26-15-27-48(40-47)61(64)65)50(42(2)56-41)55(63)67-39-17-29-58-32-36-60(37-33-58)53(45-22-11-5-12-23-45)46-24-13-6-14-25-46/h3-15,18-27,40,51-53,56H,16-17,28-39H2,1-2H3. The number of esters is 2. The maximum atomic E-state index is 14.1. The molecule has 0 atom stereocenters. The summed E-state index contributed by atoms with van der Waals surface area (Å²) in [4.78, 5) is 49.6. The number of nitrogens with one attached hydrogen (secondary N) is 1. The average Bonchev–Trinajstić information content (AvgIpc) is 3.36. The Morgan fingerprint density at radius 3 is 1.30 bits per heavy atom. The lowest BCUT2D eigenvalue weighted by Gasteiger charge is -2.39. The Kier molecular flexibility index (Phi) is 16.0. The number of hydrogen-bond donors (Lipinski definition) is 1. The molecule has 1 N–H and O–H groups in total. The van der Waals surface area contributed by atoms with Crippen molar-refractivity contribution in [2.24, 2.45) is 0 Å². The van der Waals surface area contributed by atoms with E-state index < -0.39 is 22.8 Å². The highest BCUT2D eigenvalue weighted by Gasteiger charge is 2.39. The van der Waals surface area contributed by atoms with Crippen LogP contribution in [0.2, 0.25) is 0 Å². The number of nitro groups is 1. The molecule has 348 valence electrons. The second-order valence-corrected chi connectivity index (χ2v) is 17.7. The Bertz CT molecular complexity index is 2260. The molecule has 0 unspecified atom stereocenters. The molecule has 0 amide bonds. The van der Waals surface area contributed by atoms with Crippen LogP contribution in [0.4, 0.5) is 5.69 Å². The predicted octanol–water partition coefficient (Wildman–Crippen LogP) is 8.51. The van der Waals surface area contributed by atoms with Crippen LogP contribution in [0, 0.1) is 10.1 Å². The van der Waals surface area contributed by atoms with Gasteiger partial charge in [-0.1, -0.05) is 133 Å². The smallest absolute Gasteiger partial charge is 0.336 e. The van der Waals surface area contributed by atoms with Crippen LogP contribution in [0.25, 0.3) is 0 Å². The Hall–Kier alpha value is -6.44. The van der Waals surface area contributed by atoms with Crippen molar-refractivity contribution in [3.63, 3.8) is 0 Å². The highest BCUT2D eigenvalue weighted by molar-refractivity contribution is 6.00. The number of carbonyl (C=O) groups is 2. The van der Waals surface area contributed by atoms with E-state index in [-0.39, 0.29) is 42.1 Å². The summed E-state index contributed by atoms with van der Waals surface area (Å²) in [6.07, 6.45) is 1.26. The van der Waals surface area contributed by atoms with Gasteiger partial charge in [0.1, 0.15) is 0 Å². The minimum atomic E-state index is -0.924. The lowest BCUT2D eigenvalue weighted by molar-refractivity contribution is -0.384. The van der Waals surface area contributed by atoms with E-state index >= 15 is 0 Å². The fourth-order valence-electron chi connectivity index (χ4n) is 10.0. The van der Waals surface area contributed by atoms with Gasteiger partial charge in [0.05, 0.1) is 47.3 Å². The highest BCUT2D eigenvalue weighted by Crippen LogP contribution is 2.40. The SMILES string of the molecule is CC1=C(C(=O)OCCCN2CCN(C(c3ccccc3)c3ccccc3)CC2)C(c2cccc([N+](=O)[O-])c2)C(C(=O)OCCCN2CCN(C(c3ccccc3)c3ccccc3)CC2)=C(C)N1. The molecule has 0 bridgehead atoms. The van der Waals surface area contributed by atoms with Crippen molar-refractivity contribution in [2.45, 2.75) is 44.7 Å². The van der Waals surface area contributed by atoms with Gasteiger partial charge in [-0.2, -0.15) is 0 Å². The molecular weight excluding hydrogens is 841 g/mol. The molecule has 8 rings (SSSR count). The van der Waals surface area contributed by atoms with Gasteiger partial charge in [0, 0.05) is 89.0 Å². The summed E-state index contributed by atoms with van der Waals surface area (Å²) in [6.45, 7) is 12.6. The molecular formula is C55H62N6O6. The Balaban J connectivity index is 0.856. The van der Waals surface area contributed by atoms with E-state index in [1.165, 1.54) is 34.4 Å². The van der Waals surface area contributed by atoms with Gasteiger partial charge >= 0.3 is 11.9 Å². The van der Waals surface area contributed by atoms with Gasteiger partial charge in [-0.25, -0.2) is 9.59 Å². The molecule has 2 fully saturated rings. The molecule has 2 saturated heterocycles. The molecule has 5 aromatic rings. The third-order valence-corrected chi connectivity index (χ3v) is 13.3. The van der Waals surface area contributed by atoms with E-state index in [1.54, 1.807) is 26.0 Å². The number of rotatable bonds is 18. The van der Waals surface area contributed by atoms with Crippen LogP contribution in [0.5, 0.6) is 0 Å². The number of dihydropyridines is 1. The molecule has 67 heavy (non-hydrogen) atoms. The normalized spacial score (nSPS) is 16.9. The molecule has 0 spiro atoms. The van der Waals surface area contributed by atoms with Crippen molar-refractivity contribution in [3.05, 3.63) is 206 Å². The zero-order chi connectivity index (χ0) is 46.5. The highest BCUT2D eigenvalue weighted by atomic mass is 16.6. The van der Waals surface area contributed by atoms with Crippen molar-refractivity contribution in [1.82, 2.24) is 24.9 Å². The number of hydrogen-bond acceptors (Lipinski definition) is 11. The van der Waals surface area contributed by atoms with Gasteiger partial charge in [-0.05, 0) is 54.5 Å². The van der Waals surface area contributed by atoms with Gasteiger partial charge in [-0.15, -0.1) is 0 Å². The van der Waals surface area contributed by atoms with Crippen LogP contribution >= 0.6 is 0 Å². The minimum absolute atomic E-state index is 0.135. The number of allylic oxidation sites excluding steroid dienone is 2. The first kappa shape index (κ1) is 47.1. The summed E-state index contributed by atoms with van der Waals surface area (Å²) < 4.78 is 11.9. The van der Waals surface area contributed by atoms with E-state index in [9.17, 15) is 19.7 Å². The Morgan fingerprint density at radius 2 is 0.940 bits per heavy atom. The Labute approximate surface area is 394 Å². The molecule has 3 aliphatic heterocycles. The largest absolute Gasteiger partial charge is 0.462 e. The van der Waals surface area contributed by atoms with E-state index in [0.717, 1.165) is 65.4 Å². The first-order valence-electron chi connectivity index (χ1n) is 23.6. The van der Waals surface area contributed by atoms with Gasteiger partial charge in [-0.3, -0.25) is 19.9 Å². The summed E-state index contributed by atoms with van der Waals surface area (Å²) in [6, 6.07) is 49.0. The molecule has 3 heterocycles. The molecule has 12 nitrogen and oxygen atoms in total. The molecule has 0 radical (unpaired) electrons. The summed E-state index contributed by atoms with van der Waals surface area (Å²) in [5, 5.41) is 15.2. The Morgan fingerprint density at radius 1 is 0.567 bits per heavy atom. The molecule has 5 aromatic carbocycles. The maximum absolute atomic E-state index is 14.1. The maximum Gasteiger partial charge on any atom is 0.336 e. The van der Waals surface area contributed by atoms with Gasteiger partial charge in [0.25, 0.3) is 5.69 Å². The average molecular weight is 903 g/mol. The number of piperazine rings is 2. The summed E-state index contributed by atoms with van der Waals surface area (Å²) in [7, 11) is 0. The first-order valence-corrected chi connectivity index (χ1v) is 23.6. The third kappa shape index (κ3) is 11.8. The molecule has 0 saturated carbocycles. The lowest BCUT2D eigenvalue weighted by atomic mass is 9.80. The number of carbonyl (C=O) groups excluding carboxylic acids is 2. The molecule has 12 heteroatoms. The van der Waals surface area contributed by atoms with Crippen LogP contribution in [-0.4, -0.2) is 115 Å². The van der Waals surface area contributed by atoms with Gasteiger partial charge in [0.15, 0.2) is 0 Å². The zero-order valence-corrected chi connectivity index (χ0v) is 38.7. The fourth-order valence-corrected chi connectivity index (χ4v) is 10.0. The second kappa shape index (κ2) is 22.8. The zero-order valence-electron chi connectivity index (χ0n) is 38.7. The number of benzene rings is 5. The van der Waals surface area contributed by atoms with Crippen molar-refractivity contribution in [1.29, 1.82) is 0 Å². The number of non-ortho nitro benzene ring substituents is 1. The van der Waals surface area contributed by atoms with E-state index in [0.29, 0.717) is 29.8 Å². The van der Waals surface area contributed by atoms with Gasteiger partial charge in [0.2, 0.25) is 0 Å². The topological polar surface area (TPSA) is 121 Å². The number of ether oxygens (including phenoxy) is 2. The van der Waals surface area contributed by atoms with E-state index in [4.69, 9.17) is 9.47 Å². The lowest BCUT2D eigenvalue weighted by Crippen LogP contribution is -2.48. The molecule has 0 aromatic heterocycles.